The molecule has 0 spiro atoms. The SMILES string of the molecule is O=S(=O)(c1cccc2cnccc12)N1CCCC1CO. The van der Waals surface area contributed by atoms with Crippen molar-refractivity contribution in [2.75, 3.05) is 13.2 Å². The normalized spacial score (nSPS) is 20.6. The van der Waals surface area contributed by atoms with Gasteiger partial charge in [-0.05, 0) is 25.0 Å². The molecule has 1 N–H and O–H groups in total. The van der Waals surface area contributed by atoms with Crippen LogP contribution in [0.2, 0.25) is 0 Å². The number of aliphatic hydroxyl groups is 1. The fourth-order valence-corrected chi connectivity index (χ4v) is 4.65. The first kappa shape index (κ1) is 13.5. The Morgan fingerprint density at radius 1 is 1.35 bits per heavy atom. The Kier molecular flexibility index (Phi) is 3.45. The summed E-state index contributed by atoms with van der Waals surface area (Å²) in [4.78, 5) is 4.31. The summed E-state index contributed by atoms with van der Waals surface area (Å²) < 4.78 is 27.0. The molecule has 1 aliphatic heterocycles. The summed E-state index contributed by atoms with van der Waals surface area (Å²) in [6.45, 7) is 0.334. The molecule has 0 bridgehead atoms. The Bertz CT molecular complexity index is 725. The van der Waals surface area contributed by atoms with E-state index in [9.17, 15) is 13.5 Å². The molecule has 20 heavy (non-hydrogen) atoms. The van der Waals surface area contributed by atoms with Crippen molar-refractivity contribution in [1.82, 2.24) is 9.29 Å². The van der Waals surface area contributed by atoms with Crippen molar-refractivity contribution in [1.29, 1.82) is 0 Å². The molecule has 1 saturated heterocycles. The van der Waals surface area contributed by atoms with Gasteiger partial charge in [0.25, 0.3) is 0 Å². The molecule has 1 aromatic carbocycles. The van der Waals surface area contributed by atoms with Gasteiger partial charge in [0, 0.05) is 35.8 Å². The number of aliphatic hydroxyl groups excluding tert-OH is 1. The third kappa shape index (κ3) is 2.09. The molecule has 1 atom stereocenters. The first-order chi connectivity index (χ1) is 9.64. The molecule has 1 unspecified atom stereocenters. The van der Waals surface area contributed by atoms with Crippen molar-refractivity contribution in [2.24, 2.45) is 0 Å². The van der Waals surface area contributed by atoms with Crippen LogP contribution in [0.3, 0.4) is 0 Å². The fourth-order valence-electron chi connectivity index (χ4n) is 2.75. The Labute approximate surface area is 117 Å². The number of rotatable bonds is 3. The average molecular weight is 292 g/mol. The lowest BCUT2D eigenvalue weighted by Crippen LogP contribution is -2.37. The highest BCUT2D eigenvalue weighted by atomic mass is 32.2. The largest absolute Gasteiger partial charge is 0.395 e. The number of hydrogen-bond acceptors (Lipinski definition) is 4. The van der Waals surface area contributed by atoms with Crippen LogP contribution >= 0.6 is 0 Å². The van der Waals surface area contributed by atoms with Crippen LogP contribution < -0.4 is 0 Å². The number of fused-ring (bicyclic) bond motifs is 1. The van der Waals surface area contributed by atoms with Gasteiger partial charge in [0.15, 0.2) is 0 Å². The molecule has 0 amide bonds. The molecule has 6 heteroatoms. The van der Waals surface area contributed by atoms with Gasteiger partial charge in [-0.3, -0.25) is 4.98 Å². The van der Waals surface area contributed by atoms with Gasteiger partial charge < -0.3 is 5.11 Å². The molecule has 0 saturated carbocycles. The Hall–Kier alpha value is -1.50. The van der Waals surface area contributed by atoms with Gasteiger partial charge >= 0.3 is 0 Å². The second kappa shape index (κ2) is 5.12. The van der Waals surface area contributed by atoms with E-state index in [2.05, 4.69) is 4.98 Å². The quantitative estimate of drug-likeness (QED) is 0.928. The first-order valence-electron chi connectivity index (χ1n) is 6.60. The lowest BCUT2D eigenvalue weighted by Gasteiger charge is -2.23. The van der Waals surface area contributed by atoms with Gasteiger partial charge in [0.2, 0.25) is 10.0 Å². The van der Waals surface area contributed by atoms with Gasteiger partial charge in [-0.25, -0.2) is 8.42 Å². The van der Waals surface area contributed by atoms with Gasteiger partial charge in [0.05, 0.1) is 11.5 Å². The number of benzene rings is 1. The molecule has 1 aliphatic rings. The van der Waals surface area contributed by atoms with E-state index in [1.54, 1.807) is 30.6 Å². The molecule has 3 rings (SSSR count). The van der Waals surface area contributed by atoms with Crippen molar-refractivity contribution >= 4 is 20.8 Å². The Balaban J connectivity index is 2.14. The standard InChI is InChI=1S/C14H16N2O3S/c17-10-12-4-2-8-16(12)20(18,19)14-5-1-3-11-9-15-7-6-13(11)14/h1,3,5-7,9,12,17H,2,4,8,10H2. The minimum atomic E-state index is -3.58. The maximum absolute atomic E-state index is 12.8. The van der Waals surface area contributed by atoms with Crippen LogP contribution in [0, 0.1) is 0 Å². The van der Waals surface area contributed by atoms with E-state index >= 15 is 0 Å². The van der Waals surface area contributed by atoms with Crippen molar-refractivity contribution in [2.45, 2.75) is 23.8 Å². The van der Waals surface area contributed by atoms with Crippen molar-refractivity contribution in [3.05, 3.63) is 36.7 Å². The van der Waals surface area contributed by atoms with Crippen LogP contribution in [-0.4, -0.2) is 42.0 Å². The maximum Gasteiger partial charge on any atom is 0.244 e. The molecule has 1 fully saturated rings. The van der Waals surface area contributed by atoms with Crippen molar-refractivity contribution < 1.29 is 13.5 Å². The summed E-state index contributed by atoms with van der Waals surface area (Å²) in [6, 6.07) is 6.59. The molecule has 5 nitrogen and oxygen atoms in total. The van der Waals surface area contributed by atoms with E-state index in [4.69, 9.17) is 0 Å². The van der Waals surface area contributed by atoms with Crippen molar-refractivity contribution in [3.8, 4) is 0 Å². The van der Waals surface area contributed by atoms with Crippen LogP contribution in [0.25, 0.3) is 10.8 Å². The second-order valence-electron chi connectivity index (χ2n) is 4.95. The highest BCUT2D eigenvalue weighted by Gasteiger charge is 2.35. The minimum absolute atomic E-state index is 0.133. The van der Waals surface area contributed by atoms with E-state index in [0.29, 0.717) is 18.4 Å². The van der Waals surface area contributed by atoms with Crippen LogP contribution in [0.4, 0.5) is 0 Å². The predicted molar refractivity (Wildman–Crippen MR) is 75.7 cm³/mol. The third-order valence-electron chi connectivity index (χ3n) is 3.76. The van der Waals surface area contributed by atoms with Crippen LogP contribution in [0.15, 0.2) is 41.6 Å². The summed E-state index contributed by atoms with van der Waals surface area (Å²) in [5, 5.41) is 10.8. The molecule has 2 heterocycles. The van der Waals surface area contributed by atoms with E-state index in [1.807, 2.05) is 6.07 Å². The second-order valence-corrected chi connectivity index (χ2v) is 6.81. The minimum Gasteiger partial charge on any atom is -0.395 e. The zero-order valence-electron chi connectivity index (χ0n) is 10.9. The zero-order chi connectivity index (χ0) is 14.2. The fraction of sp³-hybridized carbons (Fsp3) is 0.357. The van der Waals surface area contributed by atoms with Crippen LogP contribution in [0.5, 0.6) is 0 Å². The van der Waals surface area contributed by atoms with Gasteiger partial charge in [0.1, 0.15) is 0 Å². The average Bonchev–Trinajstić information content (AvgIpc) is 2.96. The molecular weight excluding hydrogens is 276 g/mol. The topological polar surface area (TPSA) is 70.5 Å². The summed E-state index contributed by atoms with van der Waals surface area (Å²) in [5.74, 6) is 0. The molecule has 106 valence electrons. The third-order valence-corrected chi connectivity index (χ3v) is 5.77. The molecule has 1 aromatic heterocycles. The molecule has 0 radical (unpaired) electrons. The smallest absolute Gasteiger partial charge is 0.244 e. The summed E-state index contributed by atoms with van der Waals surface area (Å²) in [7, 11) is -3.58. The lowest BCUT2D eigenvalue weighted by atomic mass is 10.2. The number of pyridine rings is 1. The zero-order valence-corrected chi connectivity index (χ0v) is 11.8. The van der Waals surface area contributed by atoms with E-state index < -0.39 is 10.0 Å². The van der Waals surface area contributed by atoms with Gasteiger partial charge in [-0.15, -0.1) is 0 Å². The molecule has 0 aliphatic carbocycles. The van der Waals surface area contributed by atoms with Crippen LogP contribution in [-0.2, 0) is 10.0 Å². The summed E-state index contributed by atoms with van der Waals surface area (Å²) >= 11 is 0. The number of sulfonamides is 1. The highest BCUT2D eigenvalue weighted by molar-refractivity contribution is 7.89. The predicted octanol–water partition coefficient (Wildman–Crippen LogP) is 1.38. The first-order valence-corrected chi connectivity index (χ1v) is 8.04. The number of hydrogen-bond donors (Lipinski definition) is 1. The molecule has 2 aromatic rings. The maximum atomic E-state index is 12.8. The van der Waals surface area contributed by atoms with Crippen molar-refractivity contribution in [3.63, 3.8) is 0 Å². The van der Waals surface area contributed by atoms with E-state index in [1.165, 1.54) is 4.31 Å². The van der Waals surface area contributed by atoms with Gasteiger partial charge in [-0.1, -0.05) is 12.1 Å². The summed E-state index contributed by atoms with van der Waals surface area (Å²) in [6.07, 6.45) is 4.75. The van der Waals surface area contributed by atoms with E-state index in [-0.39, 0.29) is 17.5 Å². The number of aromatic nitrogens is 1. The highest BCUT2D eigenvalue weighted by Crippen LogP contribution is 2.29. The number of nitrogens with zero attached hydrogens (tertiary/aromatic N) is 2. The molecular formula is C14H16N2O3S. The summed E-state index contributed by atoms with van der Waals surface area (Å²) in [5.41, 5.74) is 0. The monoisotopic (exact) mass is 292 g/mol. The van der Waals surface area contributed by atoms with Gasteiger partial charge in [-0.2, -0.15) is 4.31 Å². The lowest BCUT2D eigenvalue weighted by molar-refractivity contribution is 0.213. The van der Waals surface area contributed by atoms with E-state index in [0.717, 1.165) is 11.8 Å². The van der Waals surface area contributed by atoms with Crippen LogP contribution in [0.1, 0.15) is 12.8 Å². The Morgan fingerprint density at radius 2 is 2.20 bits per heavy atom. The Morgan fingerprint density at radius 3 is 3.00 bits per heavy atom.